The van der Waals surface area contributed by atoms with E-state index in [9.17, 15) is 14.4 Å². The Kier molecular flexibility index (Phi) is 7.85. The molecule has 2 N–H and O–H groups in total. The number of hydrogen-bond donors (Lipinski definition) is 2. The van der Waals surface area contributed by atoms with Crippen molar-refractivity contribution in [3.8, 4) is 0 Å². The summed E-state index contributed by atoms with van der Waals surface area (Å²) in [5.74, 6) is -1.85. The first-order valence-electron chi connectivity index (χ1n) is 9.50. The third kappa shape index (κ3) is 4.86. The van der Waals surface area contributed by atoms with Crippen molar-refractivity contribution in [1.82, 2.24) is 10.6 Å². The minimum absolute atomic E-state index is 0.0167. The lowest BCUT2D eigenvalue weighted by atomic mass is 9.57. The Labute approximate surface area is 157 Å². The molecule has 0 bridgehead atoms. The summed E-state index contributed by atoms with van der Waals surface area (Å²) in [7, 11) is 0. The van der Waals surface area contributed by atoms with Gasteiger partial charge in [-0.25, -0.2) is 0 Å². The molecule has 0 aromatic rings. The van der Waals surface area contributed by atoms with Crippen LogP contribution in [0.2, 0.25) is 0 Å². The molecule has 6 nitrogen and oxygen atoms in total. The third-order valence-corrected chi connectivity index (χ3v) is 5.35. The number of unbranched alkanes of at least 4 members (excludes halogenated alkanes) is 1. The van der Waals surface area contributed by atoms with E-state index in [-0.39, 0.29) is 29.8 Å². The lowest BCUT2D eigenvalue weighted by molar-refractivity contribution is -0.162. The van der Waals surface area contributed by atoms with Crippen LogP contribution in [0.4, 0.5) is 0 Å². The quantitative estimate of drug-likeness (QED) is 0.393. The highest BCUT2D eigenvalue weighted by molar-refractivity contribution is 5.96. The van der Waals surface area contributed by atoms with E-state index in [1.54, 1.807) is 6.92 Å². The second kappa shape index (κ2) is 9.19. The van der Waals surface area contributed by atoms with Gasteiger partial charge in [0.15, 0.2) is 0 Å². The van der Waals surface area contributed by atoms with E-state index >= 15 is 0 Å². The van der Waals surface area contributed by atoms with Gasteiger partial charge in [-0.05, 0) is 37.5 Å². The molecule has 0 saturated heterocycles. The van der Waals surface area contributed by atoms with Crippen molar-refractivity contribution in [2.45, 2.75) is 65.8 Å². The molecule has 26 heavy (non-hydrogen) atoms. The molecule has 0 aromatic heterocycles. The first kappa shape index (κ1) is 22.2. The average molecular weight is 367 g/mol. The molecule has 148 valence electrons. The lowest BCUT2D eigenvalue weighted by Crippen LogP contribution is -2.68. The Morgan fingerprint density at radius 2 is 1.88 bits per heavy atom. The van der Waals surface area contributed by atoms with Crippen molar-refractivity contribution in [2.75, 3.05) is 13.2 Å². The fourth-order valence-electron chi connectivity index (χ4n) is 3.84. The number of esters is 1. The summed E-state index contributed by atoms with van der Waals surface area (Å²) in [5.41, 5.74) is -1.55. The van der Waals surface area contributed by atoms with Gasteiger partial charge in [0.05, 0.1) is 12.5 Å². The van der Waals surface area contributed by atoms with Gasteiger partial charge in [0.2, 0.25) is 11.8 Å². The standard InChI is InChI=1S/C20H34N2O4/c1-7-10-11-21-18(25)20(22-14(4)23)12-15(8-2)19(5,6)13-16(20)17(24)26-9-3/h8,15-16H,2,7,9-13H2,1,3-6H3,(H,21,25)(H,22,23). The fraction of sp³-hybridized carbons (Fsp3) is 0.750. The van der Waals surface area contributed by atoms with Crippen molar-refractivity contribution in [1.29, 1.82) is 0 Å². The summed E-state index contributed by atoms with van der Waals surface area (Å²) in [6.45, 7) is 13.9. The van der Waals surface area contributed by atoms with Crippen LogP contribution in [-0.4, -0.2) is 36.5 Å². The predicted octanol–water partition coefficient (Wildman–Crippen LogP) is 2.58. The Bertz CT molecular complexity index is 544. The van der Waals surface area contributed by atoms with Gasteiger partial charge in [-0.3, -0.25) is 14.4 Å². The minimum atomic E-state index is -1.32. The first-order chi connectivity index (χ1) is 12.1. The molecule has 1 saturated carbocycles. The maximum Gasteiger partial charge on any atom is 0.311 e. The van der Waals surface area contributed by atoms with E-state index in [4.69, 9.17) is 4.74 Å². The number of amides is 2. The molecule has 3 atom stereocenters. The van der Waals surface area contributed by atoms with E-state index in [1.807, 2.05) is 13.0 Å². The van der Waals surface area contributed by atoms with Gasteiger partial charge in [-0.2, -0.15) is 0 Å². The summed E-state index contributed by atoms with van der Waals surface area (Å²) < 4.78 is 5.26. The zero-order chi connectivity index (χ0) is 20.0. The maximum absolute atomic E-state index is 13.2. The van der Waals surface area contributed by atoms with Crippen LogP contribution < -0.4 is 10.6 Å². The van der Waals surface area contributed by atoms with E-state index in [1.165, 1.54) is 6.92 Å². The number of nitrogens with one attached hydrogen (secondary N) is 2. The third-order valence-electron chi connectivity index (χ3n) is 5.35. The molecule has 6 heteroatoms. The van der Waals surface area contributed by atoms with E-state index < -0.39 is 17.4 Å². The minimum Gasteiger partial charge on any atom is -0.466 e. The highest BCUT2D eigenvalue weighted by Gasteiger charge is 2.58. The largest absolute Gasteiger partial charge is 0.466 e. The van der Waals surface area contributed by atoms with Crippen molar-refractivity contribution in [3.05, 3.63) is 12.7 Å². The maximum atomic E-state index is 13.2. The number of carbonyl (C=O) groups is 3. The first-order valence-corrected chi connectivity index (χ1v) is 9.50. The van der Waals surface area contributed by atoms with Crippen LogP contribution in [0.5, 0.6) is 0 Å². The summed E-state index contributed by atoms with van der Waals surface area (Å²) in [6.07, 6.45) is 4.35. The summed E-state index contributed by atoms with van der Waals surface area (Å²) in [4.78, 5) is 37.9. The number of rotatable bonds is 8. The second-order valence-corrected chi connectivity index (χ2v) is 7.81. The SMILES string of the molecule is C=CC1CC(NC(C)=O)(C(=O)NCCCC)C(C(=O)OCC)CC1(C)C. The lowest BCUT2D eigenvalue weighted by Gasteiger charge is -2.50. The average Bonchev–Trinajstić information content (AvgIpc) is 2.55. The Morgan fingerprint density at radius 3 is 2.38 bits per heavy atom. The van der Waals surface area contributed by atoms with Gasteiger partial charge < -0.3 is 15.4 Å². The van der Waals surface area contributed by atoms with E-state index in [0.717, 1.165) is 12.8 Å². The van der Waals surface area contributed by atoms with Crippen LogP contribution in [0.25, 0.3) is 0 Å². The normalized spacial score (nSPS) is 27.3. The van der Waals surface area contributed by atoms with Gasteiger partial charge in [-0.1, -0.05) is 33.3 Å². The highest BCUT2D eigenvalue weighted by atomic mass is 16.5. The summed E-state index contributed by atoms with van der Waals surface area (Å²) >= 11 is 0. The van der Waals surface area contributed by atoms with Crippen molar-refractivity contribution in [2.24, 2.45) is 17.3 Å². The molecule has 0 radical (unpaired) electrons. The molecule has 2 amide bonds. The summed E-state index contributed by atoms with van der Waals surface area (Å²) in [5, 5.41) is 5.72. The number of hydrogen-bond acceptors (Lipinski definition) is 4. The smallest absolute Gasteiger partial charge is 0.311 e. The molecule has 0 aliphatic heterocycles. The Morgan fingerprint density at radius 1 is 1.23 bits per heavy atom. The second-order valence-electron chi connectivity index (χ2n) is 7.81. The molecule has 1 rings (SSSR count). The van der Waals surface area contributed by atoms with Crippen molar-refractivity contribution < 1.29 is 19.1 Å². The number of allylic oxidation sites excluding steroid dienone is 1. The Balaban J connectivity index is 3.35. The zero-order valence-electron chi connectivity index (χ0n) is 16.8. The zero-order valence-corrected chi connectivity index (χ0v) is 16.8. The Hall–Kier alpha value is -1.85. The van der Waals surface area contributed by atoms with Crippen LogP contribution in [0.3, 0.4) is 0 Å². The van der Waals surface area contributed by atoms with Gasteiger partial charge in [0.25, 0.3) is 0 Å². The molecular weight excluding hydrogens is 332 g/mol. The van der Waals surface area contributed by atoms with Gasteiger partial charge >= 0.3 is 5.97 Å². The molecular formula is C20H34N2O4. The molecule has 1 aliphatic rings. The summed E-state index contributed by atoms with van der Waals surface area (Å²) in [6, 6.07) is 0. The van der Waals surface area contributed by atoms with Crippen LogP contribution in [0, 0.1) is 17.3 Å². The van der Waals surface area contributed by atoms with E-state index in [2.05, 4.69) is 31.1 Å². The van der Waals surface area contributed by atoms with Gasteiger partial charge in [0, 0.05) is 13.5 Å². The van der Waals surface area contributed by atoms with Crippen LogP contribution in [0.1, 0.15) is 60.3 Å². The van der Waals surface area contributed by atoms with E-state index in [0.29, 0.717) is 19.4 Å². The molecule has 1 aliphatic carbocycles. The van der Waals surface area contributed by atoms with Crippen LogP contribution in [-0.2, 0) is 19.1 Å². The molecule has 0 spiro atoms. The van der Waals surface area contributed by atoms with Crippen molar-refractivity contribution in [3.63, 3.8) is 0 Å². The molecule has 1 fully saturated rings. The topological polar surface area (TPSA) is 84.5 Å². The van der Waals surface area contributed by atoms with Gasteiger partial charge in [0.1, 0.15) is 5.54 Å². The number of carbonyl (C=O) groups excluding carboxylic acids is 3. The fourth-order valence-corrected chi connectivity index (χ4v) is 3.84. The molecule has 0 heterocycles. The predicted molar refractivity (Wildman–Crippen MR) is 101 cm³/mol. The van der Waals surface area contributed by atoms with Crippen LogP contribution >= 0.6 is 0 Å². The monoisotopic (exact) mass is 366 g/mol. The molecule has 0 aromatic carbocycles. The van der Waals surface area contributed by atoms with Crippen molar-refractivity contribution >= 4 is 17.8 Å². The molecule has 3 unspecified atom stereocenters. The number of ether oxygens (including phenoxy) is 1. The highest BCUT2D eigenvalue weighted by Crippen LogP contribution is 2.49. The van der Waals surface area contributed by atoms with Crippen LogP contribution in [0.15, 0.2) is 12.7 Å². The van der Waals surface area contributed by atoms with Gasteiger partial charge in [-0.15, -0.1) is 6.58 Å².